The molecule has 0 radical (unpaired) electrons. The number of carbonyl (C=O) groups is 6. The third-order valence-corrected chi connectivity index (χ3v) is 8.03. The summed E-state index contributed by atoms with van der Waals surface area (Å²) in [6.07, 6.45) is 0.624. The minimum atomic E-state index is -1.07. The number of hydrogen-bond donors (Lipinski definition) is 3. The predicted molar refractivity (Wildman–Crippen MR) is 152 cm³/mol. The molecule has 5 amide bonds. The van der Waals surface area contributed by atoms with Crippen LogP contribution < -0.4 is 16.0 Å². The number of cyclic esters (lactones) is 1. The Balaban J connectivity index is 2.48. The van der Waals surface area contributed by atoms with E-state index in [2.05, 4.69) is 16.0 Å². The molecule has 2 aliphatic heterocycles. The van der Waals surface area contributed by atoms with Gasteiger partial charge in [0.05, 0.1) is 6.42 Å². The highest BCUT2D eigenvalue weighted by Gasteiger charge is 2.41. The van der Waals surface area contributed by atoms with Gasteiger partial charge in [-0.2, -0.15) is 0 Å². The summed E-state index contributed by atoms with van der Waals surface area (Å²) in [7, 11) is 1.48. The number of esters is 1. The van der Waals surface area contributed by atoms with E-state index in [1.807, 2.05) is 27.7 Å². The van der Waals surface area contributed by atoms with Crippen molar-refractivity contribution in [3.63, 3.8) is 0 Å². The highest BCUT2D eigenvalue weighted by atomic mass is 16.5. The van der Waals surface area contributed by atoms with Crippen molar-refractivity contribution in [2.24, 2.45) is 17.8 Å². The maximum absolute atomic E-state index is 13.6. The maximum Gasteiger partial charge on any atom is 0.308 e. The fourth-order valence-corrected chi connectivity index (χ4v) is 5.06. The molecule has 41 heavy (non-hydrogen) atoms. The number of nitrogens with one attached hydrogen (secondary N) is 3. The zero-order valence-corrected chi connectivity index (χ0v) is 25.8. The van der Waals surface area contributed by atoms with Gasteiger partial charge in [-0.3, -0.25) is 28.8 Å². The smallest absolute Gasteiger partial charge is 0.308 e. The standard InChI is InChI=1S/C29H49N5O7/c1-9-18(6)24-27(38)31-23(17(4)5)29(40)33(8)19(7)25(36)30-13-12-22(35)41-21(15-16(2)3)28(39)34-14-10-11-20(34)26(37)32-24/h16-21,23-24H,9-15H2,1-8H3,(H,30,36)(H,31,38)(H,32,37). The molecule has 0 aromatic heterocycles. The van der Waals surface area contributed by atoms with Gasteiger partial charge in [0.1, 0.15) is 24.2 Å². The van der Waals surface area contributed by atoms with Gasteiger partial charge in [-0.15, -0.1) is 0 Å². The molecule has 0 saturated carbocycles. The fourth-order valence-electron chi connectivity index (χ4n) is 5.06. The van der Waals surface area contributed by atoms with Crippen molar-refractivity contribution in [2.45, 2.75) is 111 Å². The molecule has 6 atom stereocenters. The molecule has 0 bridgehead atoms. The van der Waals surface area contributed by atoms with E-state index < -0.39 is 65.8 Å². The van der Waals surface area contributed by atoms with Crippen LogP contribution in [-0.4, -0.2) is 95.7 Å². The zero-order chi connectivity index (χ0) is 31.0. The van der Waals surface area contributed by atoms with Gasteiger partial charge in [0.2, 0.25) is 23.6 Å². The average Bonchev–Trinajstić information content (AvgIpc) is 3.41. The van der Waals surface area contributed by atoms with E-state index in [9.17, 15) is 28.8 Å². The lowest BCUT2D eigenvalue weighted by Crippen LogP contribution is -2.60. The SMILES string of the molecule is CCC(C)C1NC(=O)C2CCCN2C(=O)C(CC(C)C)OC(=O)CCNC(=O)C(C)N(C)C(=O)C(C(C)C)NC1=O. The summed E-state index contributed by atoms with van der Waals surface area (Å²) in [6.45, 7) is 13.0. The minimum Gasteiger partial charge on any atom is -0.452 e. The van der Waals surface area contributed by atoms with Crippen LogP contribution >= 0.6 is 0 Å². The lowest BCUT2D eigenvalue weighted by atomic mass is 9.95. The Morgan fingerprint density at radius 1 is 0.902 bits per heavy atom. The van der Waals surface area contributed by atoms with Crippen molar-refractivity contribution in [3.05, 3.63) is 0 Å². The van der Waals surface area contributed by atoms with Gasteiger partial charge in [0, 0.05) is 20.1 Å². The summed E-state index contributed by atoms with van der Waals surface area (Å²) in [5, 5.41) is 8.31. The number of likely N-dealkylation sites (N-methyl/N-ethyl adjacent to an activating group) is 1. The molecule has 12 nitrogen and oxygen atoms in total. The lowest BCUT2D eigenvalue weighted by molar-refractivity contribution is -0.162. The van der Waals surface area contributed by atoms with Gasteiger partial charge in [0.25, 0.3) is 5.91 Å². The van der Waals surface area contributed by atoms with Crippen LogP contribution in [0, 0.1) is 17.8 Å². The lowest BCUT2D eigenvalue weighted by Gasteiger charge is -2.33. The van der Waals surface area contributed by atoms with Crippen LogP contribution in [0.1, 0.15) is 80.6 Å². The number of carbonyl (C=O) groups excluding carboxylic acids is 6. The third kappa shape index (κ3) is 8.90. The first-order valence-electron chi connectivity index (χ1n) is 14.8. The number of nitrogens with zero attached hydrogens (tertiary/aromatic N) is 2. The maximum atomic E-state index is 13.6. The van der Waals surface area contributed by atoms with Crippen LogP contribution in [0.3, 0.4) is 0 Å². The summed E-state index contributed by atoms with van der Waals surface area (Å²) >= 11 is 0. The molecule has 2 saturated heterocycles. The Morgan fingerprint density at radius 2 is 1.54 bits per heavy atom. The number of amides is 5. The van der Waals surface area contributed by atoms with Crippen molar-refractivity contribution in [1.29, 1.82) is 0 Å². The van der Waals surface area contributed by atoms with Crippen molar-refractivity contribution >= 4 is 35.5 Å². The Kier molecular flexibility index (Phi) is 12.6. The van der Waals surface area contributed by atoms with E-state index in [0.717, 1.165) is 0 Å². The molecule has 2 aliphatic rings. The summed E-state index contributed by atoms with van der Waals surface area (Å²) in [6, 6.07) is -3.58. The molecule has 6 unspecified atom stereocenters. The summed E-state index contributed by atoms with van der Waals surface area (Å²) in [5.74, 6) is -3.52. The molecule has 2 rings (SSSR count). The van der Waals surface area contributed by atoms with Crippen molar-refractivity contribution in [1.82, 2.24) is 25.8 Å². The van der Waals surface area contributed by atoms with E-state index >= 15 is 0 Å². The second-order valence-corrected chi connectivity index (χ2v) is 12.1. The van der Waals surface area contributed by atoms with Gasteiger partial charge >= 0.3 is 5.97 Å². The van der Waals surface area contributed by atoms with Crippen LogP contribution in [0.4, 0.5) is 0 Å². The predicted octanol–water partition coefficient (Wildman–Crippen LogP) is 0.974. The fraction of sp³-hybridized carbons (Fsp3) is 0.793. The molecule has 3 N–H and O–H groups in total. The number of hydrogen-bond acceptors (Lipinski definition) is 7. The van der Waals surface area contributed by atoms with Crippen molar-refractivity contribution in [3.8, 4) is 0 Å². The van der Waals surface area contributed by atoms with Crippen LogP contribution in [0.25, 0.3) is 0 Å². The van der Waals surface area contributed by atoms with Gasteiger partial charge in [-0.25, -0.2) is 0 Å². The van der Waals surface area contributed by atoms with Crippen LogP contribution in [0.15, 0.2) is 0 Å². The molecule has 0 aromatic carbocycles. The van der Waals surface area contributed by atoms with E-state index in [1.165, 1.54) is 16.8 Å². The van der Waals surface area contributed by atoms with Gasteiger partial charge in [-0.05, 0) is 43.9 Å². The van der Waals surface area contributed by atoms with E-state index in [4.69, 9.17) is 4.74 Å². The minimum absolute atomic E-state index is 0.0363. The quantitative estimate of drug-likeness (QED) is 0.410. The number of fused-ring (bicyclic) bond motifs is 1. The number of rotatable bonds is 5. The normalized spacial score (nSPS) is 28.8. The van der Waals surface area contributed by atoms with Crippen molar-refractivity contribution in [2.75, 3.05) is 20.1 Å². The zero-order valence-electron chi connectivity index (χ0n) is 25.8. The van der Waals surface area contributed by atoms with E-state index in [1.54, 1.807) is 20.8 Å². The highest BCUT2D eigenvalue weighted by Crippen LogP contribution is 2.23. The van der Waals surface area contributed by atoms with E-state index in [0.29, 0.717) is 25.8 Å². The topological polar surface area (TPSA) is 154 Å². The Bertz CT molecular complexity index is 985. The van der Waals surface area contributed by atoms with Crippen LogP contribution in [0.2, 0.25) is 0 Å². The molecular formula is C29H49N5O7. The number of ether oxygens (including phenoxy) is 1. The molecule has 0 spiro atoms. The van der Waals surface area contributed by atoms with Crippen LogP contribution in [0.5, 0.6) is 0 Å². The monoisotopic (exact) mass is 579 g/mol. The Hall–Kier alpha value is -3.18. The first kappa shape index (κ1) is 34.0. The Morgan fingerprint density at radius 3 is 2.12 bits per heavy atom. The summed E-state index contributed by atoms with van der Waals surface area (Å²) < 4.78 is 5.58. The van der Waals surface area contributed by atoms with Crippen molar-refractivity contribution < 1.29 is 33.5 Å². The Labute approximate surface area is 243 Å². The molecular weight excluding hydrogens is 530 g/mol. The largest absolute Gasteiger partial charge is 0.452 e. The van der Waals surface area contributed by atoms with Gasteiger partial charge < -0.3 is 30.5 Å². The average molecular weight is 580 g/mol. The molecule has 2 heterocycles. The van der Waals surface area contributed by atoms with Gasteiger partial charge in [-0.1, -0.05) is 48.0 Å². The summed E-state index contributed by atoms with van der Waals surface area (Å²) in [5.41, 5.74) is 0. The van der Waals surface area contributed by atoms with E-state index in [-0.39, 0.29) is 37.1 Å². The first-order chi connectivity index (χ1) is 19.2. The molecule has 12 heteroatoms. The molecule has 0 aliphatic carbocycles. The third-order valence-electron chi connectivity index (χ3n) is 8.03. The van der Waals surface area contributed by atoms with Gasteiger partial charge in [0.15, 0.2) is 6.10 Å². The highest BCUT2D eigenvalue weighted by molar-refractivity contribution is 5.96. The molecule has 232 valence electrons. The second-order valence-electron chi connectivity index (χ2n) is 12.1. The molecule has 0 aromatic rings. The van der Waals surface area contributed by atoms with Crippen LogP contribution in [-0.2, 0) is 33.5 Å². The first-order valence-corrected chi connectivity index (χ1v) is 14.8. The molecule has 2 fully saturated rings. The summed E-state index contributed by atoms with van der Waals surface area (Å²) in [4.78, 5) is 82.3. The second kappa shape index (κ2) is 15.2.